The average Bonchev–Trinajstić information content (AvgIpc) is 2.85. The third-order valence-corrected chi connectivity index (χ3v) is 4.10. The SMILES string of the molecule is CC(C)(C)[C@H](N)C(=O)NC1CCN(c2cccc(OC(F)(F)F)c2)C1=O. The molecule has 3 N–H and O–H groups in total. The molecule has 9 heteroatoms. The average molecular weight is 373 g/mol. The molecule has 2 amide bonds. The van der Waals surface area contributed by atoms with E-state index in [9.17, 15) is 22.8 Å². The first-order valence-electron chi connectivity index (χ1n) is 8.11. The van der Waals surface area contributed by atoms with Gasteiger partial charge < -0.3 is 20.7 Å². The summed E-state index contributed by atoms with van der Waals surface area (Å²) in [5.74, 6) is -1.25. The number of hydrogen-bond acceptors (Lipinski definition) is 4. The molecule has 1 saturated heterocycles. The second-order valence-corrected chi connectivity index (χ2v) is 7.23. The lowest BCUT2D eigenvalue weighted by Crippen LogP contribution is -2.53. The highest BCUT2D eigenvalue weighted by atomic mass is 19.4. The normalized spacial score (nSPS) is 19.4. The second kappa shape index (κ2) is 7.14. The number of nitrogens with one attached hydrogen (secondary N) is 1. The number of halogens is 3. The van der Waals surface area contributed by atoms with Crippen LogP contribution in [0.2, 0.25) is 0 Å². The molecule has 1 aromatic carbocycles. The van der Waals surface area contributed by atoms with E-state index in [2.05, 4.69) is 10.1 Å². The fraction of sp³-hybridized carbons (Fsp3) is 0.529. The van der Waals surface area contributed by atoms with Gasteiger partial charge in [-0.05, 0) is 24.0 Å². The van der Waals surface area contributed by atoms with Gasteiger partial charge in [-0.1, -0.05) is 26.8 Å². The van der Waals surface area contributed by atoms with E-state index in [1.54, 1.807) is 0 Å². The van der Waals surface area contributed by atoms with Gasteiger partial charge in [-0.15, -0.1) is 13.2 Å². The molecular formula is C17H22F3N3O3. The zero-order valence-electron chi connectivity index (χ0n) is 14.8. The molecule has 144 valence electrons. The summed E-state index contributed by atoms with van der Waals surface area (Å²) in [4.78, 5) is 26.0. The summed E-state index contributed by atoms with van der Waals surface area (Å²) < 4.78 is 40.9. The highest BCUT2D eigenvalue weighted by Crippen LogP contribution is 2.29. The first-order valence-corrected chi connectivity index (χ1v) is 8.11. The number of nitrogens with zero attached hydrogens (tertiary/aromatic N) is 1. The summed E-state index contributed by atoms with van der Waals surface area (Å²) in [7, 11) is 0. The Hall–Kier alpha value is -2.29. The highest BCUT2D eigenvalue weighted by Gasteiger charge is 2.37. The molecule has 1 fully saturated rings. The minimum atomic E-state index is -4.81. The van der Waals surface area contributed by atoms with E-state index in [4.69, 9.17) is 5.73 Å². The number of carbonyl (C=O) groups excluding carboxylic acids is 2. The molecule has 0 spiro atoms. The maximum absolute atomic E-state index is 12.5. The van der Waals surface area contributed by atoms with Crippen LogP contribution in [0.3, 0.4) is 0 Å². The molecule has 1 aliphatic rings. The van der Waals surface area contributed by atoms with Crippen LogP contribution >= 0.6 is 0 Å². The number of hydrogen-bond donors (Lipinski definition) is 2. The predicted octanol–water partition coefficient (Wildman–Crippen LogP) is 2.18. The summed E-state index contributed by atoms with van der Waals surface area (Å²) in [5.41, 5.74) is 5.69. The van der Waals surface area contributed by atoms with Gasteiger partial charge in [0.15, 0.2) is 0 Å². The van der Waals surface area contributed by atoms with Crippen molar-refractivity contribution in [2.45, 2.75) is 45.6 Å². The largest absolute Gasteiger partial charge is 0.573 e. The van der Waals surface area contributed by atoms with Gasteiger partial charge >= 0.3 is 6.36 Å². The number of benzene rings is 1. The second-order valence-electron chi connectivity index (χ2n) is 7.23. The Morgan fingerprint density at radius 1 is 1.35 bits per heavy atom. The van der Waals surface area contributed by atoms with Crippen LogP contribution in [0, 0.1) is 5.41 Å². The van der Waals surface area contributed by atoms with Crippen molar-refractivity contribution in [1.29, 1.82) is 0 Å². The monoisotopic (exact) mass is 373 g/mol. The molecule has 6 nitrogen and oxygen atoms in total. The van der Waals surface area contributed by atoms with E-state index in [-0.39, 0.29) is 12.2 Å². The molecule has 2 atom stereocenters. The highest BCUT2D eigenvalue weighted by molar-refractivity contribution is 6.01. The van der Waals surface area contributed by atoms with E-state index in [1.165, 1.54) is 17.0 Å². The van der Waals surface area contributed by atoms with E-state index < -0.39 is 41.4 Å². The van der Waals surface area contributed by atoms with Gasteiger partial charge in [0.05, 0.1) is 6.04 Å². The van der Waals surface area contributed by atoms with Crippen molar-refractivity contribution >= 4 is 17.5 Å². The third kappa shape index (κ3) is 4.87. The molecule has 0 saturated carbocycles. The molecule has 0 aliphatic carbocycles. The maximum Gasteiger partial charge on any atom is 0.573 e. The summed E-state index contributed by atoms with van der Waals surface area (Å²) in [5, 5.41) is 2.62. The summed E-state index contributed by atoms with van der Waals surface area (Å²) in [6, 6.07) is 3.61. The van der Waals surface area contributed by atoms with Crippen LogP contribution in [-0.4, -0.2) is 36.8 Å². The van der Waals surface area contributed by atoms with E-state index in [0.717, 1.165) is 12.1 Å². The number of alkyl halides is 3. The van der Waals surface area contributed by atoms with Gasteiger partial charge in [-0.25, -0.2) is 0 Å². The predicted molar refractivity (Wildman–Crippen MR) is 89.5 cm³/mol. The number of nitrogens with two attached hydrogens (primary N) is 1. The molecule has 1 heterocycles. The topological polar surface area (TPSA) is 84.7 Å². The van der Waals surface area contributed by atoms with Crippen LogP contribution < -0.4 is 20.7 Å². The Bertz CT molecular complexity index is 686. The Kier molecular flexibility index (Phi) is 5.50. The van der Waals surface area contributed by atoms with Crippen molar-refractivity contribution in [2.75, 3.05) is 11.4 Å². The van der Waals surface area contributed by atoms with Crippen molar-refractivity contribution in [3.63, 3.8) is 0 Å². The first kappa shape index (κ1) is 20.0. The van der Waals surface area contributed by atoms with Crippen LogP contribution in [0.15, 0.2) is 24.3 Å². The van der Waals surface area contributed by atoms with Gasteiger partial charge in [0.1, 0.15) is 11.8 Å². The van der Waals surface area contributed by atoms with Crippen LogP contribution in [0.25, 0.3) is 0 Å². The fourth-order valence-corrected chi connectivity index (χ4v) is 2.57. The third-order valence-electron chi connectivity index (χ3n) is 4.10. The fourth-order valence-electron chi connectivity index (χ4n) is 2.57. The summed E-state index contributed by atoms with van der Waals surface area (Å²) >= 11 is 0. The molecule has 0 aromatic heterocycles. The number of ether oxygens (including phenoxy) is 1. The molecule has 1 unspecified atom stereocenters. The number of amides is 2. The van der Waals surface area contributed by atoms with Crippen LogP contribution in [-0.2, 0) is 9.59 Å². The molecule has 0 bridgehead atoms. The van der Waals surface area contributed by atoms with Gasteiger partial charge in [0.2, 0.25) is 11.8 Å². The maximum atomic E-state index is 12.5. The minimum Gasteiger partial charge on any atom is -0.406 e. The summed E-state index contributed by atoms with van der Waals surface area (Å²) in [6.07, 6.45) is -4.47. The van der Waals surface area contributed by atoms with Crippen molar-refractivity contribution < 1.29 is 27.5 Å². The molecule has 1 aromatic rings. The van der Waals surface area contributed by atoms with Crippen LogP contribution in [0.5, 0.6) is 5.75 Å². The van der Waals surface area contributed by atoms with Crippen molar-refractivity contribution in [1.82, 2.24) is 5.32 Å². The molecule has 1 aliphatic heterocycles. The van der Waals surface area contributed by atoms with Gasteiger partial charge in [0, 0.05) is 18.3 Å². The van der Waals surface area contributed by atoms with Crippen LogP contribution in [0.1, 0.15) is 27.2 Å². The zero-order valence-corrected chi connectivity index (χ0v) is 14.8. The van der Waals surface area contributed by atoms with Crippen molar-refractivity contribution in [3.05, 3.63) is 24.3 Å². The first-order chi connectivity index (χ1) is 11.9. The summed E-state index contributed by atoms with van der Waals surface area (Å²) in [6.45, 7) is 5.70. The Morgan fingerprint density at radius 3 is 2.58 bits per heavy atom. The quantitative estimate of drug-likeness (QED) is 0.847. The van der Waals surface area contributed by atoms with Crippen molar-refractivity contribution in [3.8, 4) is 5.75 Å². The van der Waals surface area contributed by atoms with Gasteiger partial charge in [-0.3, -0.25) is 9.59 Å². The Labute approximate surface area is 149 Å². The number of anilines is 1. The molecule has 26 heavy (non-hydrogen) atoms. The molecule has 0 radical (unpaired) electrons. The smallest absolute Gasteiger partial charge is 0.406 e. The van der Waals surface area contributed by atoms with Gasteiger partial charge in [0.25, 0.3) is 0 Å². The lowest BCUT2D eigenvalue weighted by molar-refractivity contribution is -0.274. The standard InChI is InChI=1S/C17H22F3N3O3/c1-16(2,3)13(21)14(24)22-12-7-8-23(15(12)25)10-5-4-6-11(9-10)26-17(18,19)20/h4-6,9,12-13H,7-8,21H2,1-3H3,(H,22,24)/t12?,13-/m1/s1. The van der Waals surface area contributed by atoms with E-state index in [1.807, 2.05) is 20.8 Å². The lowest BCUT2D eigenvalue weighted by Gasteiger charge is -2.27. The van der Waals surface area contributed by atoms with Crippen LogP contribution in [0.4, 0.5) is 18.9 Å². The molecular weight excluding hydrogens is 351 g/mol. The Morgan fingerprint density at radius 2 is 2.00 bits per heavy atom. The lowest BCUT2D eigenvalue weighted by atomic mass is 9.87. The van der Waals surface area contributed by atoms with E-state index >= 15 is 0 Å². The Balaban J connectivity index is 2.07. The van der Waals surface area contributed by atoms with Gasteiger partial charge in [-0.2, -0.15) is 0 Å². The number of carbonyl (C=O) groups is 2. The molecule has 2 rings (SSSR count). The zero-order chi connectivity index (χ0) is 19.7. The van der Waals surface area contributed by atoms with E-state index in [0.29, 0.717) is 6.42 Å². The minimum absolute atomic E-state index is 0.268. The number of rotatable bonds is 4. The van der Waals surface area contributed by atoms with Crippen molar-refractivity contribution in [2.24, 2.45) is 11.1 Å².